The maximum absolute atomic E-state index is 5.92. The van der Waals surface area contributed by atoms with Crippen LogP contribution in [-0.2, 0) is 20.1 Å². The van der Waals surface area contributed by atoms with E-state index in [0.717, 1.165) is 29.1 Å². The van der Waals surface area contributed by atoms with Crippen molar-refractivity contribution in [3.8, 4) is 5.75 Å². The third kappa shape index (κ3) is 3.32. The van der Waals surface area contributed by atoms with Gasteiger partial charge < -0.3 is 10.5 Å². The molecule has 5 nitrogen and oxygen atoms in total. The highest BCUT2D eigenvalue weighted by atomic mass is 16.5. The van der Waals surface area contributed by atoms with Crippen LogP contribution in [0.15, 0.2) is 24.5 Å². The van der Waals surface area contributed by atoms with E-state index < -0.39 is 0 Å². The molecule has 0 saturated heterocycles. The first-order chi connectivity index (χ1) is 9.08. The first-order valence-electron chi connectivity index (χ1n) is 6.37. The van der Waals surface area contributed by atoms with Crippen molar-refractivity contribution in [1.29, 1.82) is 0 Å². The van der Waals surface area contributed by atoms with Crippen LogP contribution in [0.4, 0.5) is 0 Å². The van der Waals surface area contributed by atoms with Crippen LogP contribution in [0.5, 0.6) is 5.75 Å². The second-order valence-corrected chi connectivity index (χ2v) is 4.83. The van der Waals surface area contributed by atoms with Gasteiger partial charge in [-0.05, 0) is 31.4 Å². The Kier molecular flexibility index (Phi) is 4.16. The number of hydrogen-bond donors (Lipinski definition) is 1. The summed E-state index contributed by atoms with van der Waals surface area (Å²) in [5.41, 5.74) is 8.12. The van der Waals surface area contributed by atoms with Gasteiger partial charge in [0.25, 0.3) is 0 Å². The fourth-order valence-electron chi connectivity index (χ4n) is 2.01. The van der Waals surface area contributed by atoms with Crippen molar-refractivity contribution in [3.05, 3.63) is 41.5 Å². The van der Waals surface area contributed by atoms with Gasteiger partial charge in [-0.15, -0.1) is 0 Å². The van der Waals surface area contributed by atoms with E-state index in [4.69, 9.17) is 10.5 Å². The fraction of sp³-hybridized carbons (Fsp3) is 0.429. The zero-order chi connectivity index (χ0) is 13.8. The standard InChI is InChI=1S/C14H20N4O/c1-10-5-4-6-12(7-11(2)15)14(10)19-8-13-16-9-17-18(13)3/h4-6,9,11H,7-8,15H2,1-3H3. The Morgan fingerprint density at radius 3 is 2.84 bits per heavy atom. The van der Waals surface area contributed by atoms with Crippen molar-refractivity contribution in [1.82, 2.24) is 14.8 Å². The highest BCUT2D eigenvalue weighted by Crippen LogP contribution is 2.25. The number of para-hydroxylation sites is 1. The minimum Gasteiger partial charge on any atom is -0.485 e. The Morgan fingerprint density at radius 1 is 1.42 bits per heavy atom. The van der Waals surface area contributed by atoms with Crippen molar-refractivity contribution in [3.63, 3.8) is 0 Å². The van der Waals surface area contributed by atoms with Crippen molar-refractivity contribution in [2.24, 2.45) is 12.8 Å². The maximum atomic E-state index is 5.92. The summed E-state index contributed by atoms with van der Waals surface area (Å²) in [6.07, 6.45) is 2.33. The summed E-state index contributed by atoms with van der Waals surface area (Å²) >= 11 is 0. The van der Waals surface area contributed by atoms with E-state index >= 15 is 0 Å². The predicted octanol–water partition coefficient (Wildman–Crippen LogP) is 1.59. The van der Waals surface area contributed by atoms with Gasteiger partial charge in [0, 0.05) is 13.1 Å². The zero-order valence-electron chi connectivity index (χ0n) is 11.6. The highest BCUT2D eigenvalue weighted by Gasteiger charge is 2.10. The first-order valence-corrected chi connectivity index (χ1v) is 6.37. The summed E-state index contributed by atoms with van der Waals surface area (Å²) in [5, 5.41) is 4.03. The molecular weight excluding hydrogens is 240 g/mol. The molecule has 0 bridgehead atoms. The van der Waals surface area contributed by atoms with Gasteiger partial charge in [0.1, 0.15) is 18.7 Å². The largest absolute Gasteiger partial charge is 0.485 e. The lowest BCUT2D eigenvalue weighted by atomic mass is 10.0. The molecule has 0 amide bonds. The predicted molar refractivity (Wildman–Crippen MR) is 73.9 cm³/mol. The minimum absolute atomic E-state index is 0.110. The van der Waals surface area contributed by atoms with Gasteiger partial charge in [-0.25, -0.2) is 4.98 Å². The topological polar surface area (TPSA) is 66.0 Å². The molecule has 1 aromatic heterocycles. The van der Waals surface area contributed by atoms with Crippen LogP contribution in [0.1, 0.15) is 23.9 Å². The van der Waals surface area contributed by atoms with Crippen molar-refractivity contribution in [2.45, 2.75) is 32.9 Å². The molecule has 2 rings (SSSR count). The number of nitrogens with zero attached hydrogens (tertiary/aromatic N) is 3. The molecule has 0 aliphatic carbocycles. The Hall–Kier alpha value is -1.88. The first kappa shape index (κ1) is 13.5. The molecule has 1 heterocycles. The number of aryl methyl sites for hydroxylation is 2. The monoisotopic (exact) mass is 260 g/mol. The SMILES string of the molecule is Cc1cccc(CC(C)N)c1OCc1ncnn1C. The van der Waals surface area contributed by atoms with Gasteiger partial charge >= 0.3 is 0 Å². The zero-order valence-corrected chi connectivity index (χ0v) is 11.6. The molecule has 0 saturated carbocycles. The van der Waals surface area contributed by atoms with Crippen molar-refractivity contribution >= 4 is 0 Å². The van der Waals surface area contributed by atoms with E-state index in [1.165, 1.54) is 6.33 Å². The summed E-state index contributed by atoms with van der Waals surface area (Å²) in [6.45, 7) is 4.44. The molecule has 5 heteroatoms. The second-order valence-electron chi connectivity index (χ2n) is 4.83. The molecule has 0 aliphatic heterocycles. The molecule has 2 N–H and O–H groups in total. The summed E-state index contributed by atoms with van der Waals surface area (Å²) in [7, 11) is 1.85. The molecule has 19 heavy (non-hydrogen) atoms. The lowest BCUT2D eigenvalue weighted by Crippen LogP contribution is -2.18. The van der Waals surface area contributed by atoms with Gasteiger partial charge in [0.05, 0.1) is 0 Å². The second kappa shape index (κ2) is 5.84. The highest BCUT2D eigenvalue weighted by molar-refractivity contribution is 5.41. The van der Waals surface area contributed by atoms with E-state index in [1.54, 1.807) is 4.68 Å². The van der Waals surface area contributed by atoms with E-state index in [-0.39, 0.29) is 6.04 Å². The molecule has 2 aromatic rings. The molecule has 0 fully saturated rings. The number of ether oxygens (including phenoxy) is 1. The van der Waals surface area contributed by atoms with Gasteiger partial charge in [-0.1, -0.05) is 18.2 Å². The van der Waals surface area contributed by atoms with E-state index in [9.17, 15) is 0 Å². The molecule has 0 spiro atoms. The molecule has 0 radical (unpaired) electrons. The molecule has 1 aromatic carbocycles. The summed E-state index contributed by atoms with van der Waals surface area (Å²) in [4.78, 5) is 4.15. The number of hydrogen-bond acceptors (Lipinski definition) is 4. The summed E-state index contributed by atoms with van der Waals surface area (Å²) < 4.78 is 7.63. The number of nitrogens with two attached hydrogens (primary N) is 1. The molecule has 0 aliphatic rings. The fourth-order valence-corrected chi connectivity index (χ4v) is 2.01. The van der Waals surface area contributed by atoms with Crippen LogP contribution in [0, 0.1) is 6.92 Å². The number of benzene rings is 1. The number of aromatic nitrogens is 3. The lowest BCUT2D eigenvalue weighted by Gasteiger charge is -2.15. The Labute approximate surface area is 113 Å². The Bertz CT molecular complexity index is 548. The van der Waals surface area contributed by atoms with E-state index in [2.05, 4.69) is 16.1 Å². The average molecular weight is 260 g/mol. The van der Waals surface area contributed by atoms with Crippen molar-refractivity contribution in [2.75, 3.05) is 0 Å². The Balaban J connectivity index is 2.17. The van der Waals surface area contributed by atoms with E-state index in [1.807, 2.05) is 33.0 Å². The third-order valence-corrected chi connectivity index (χ3v) is 2.99. The maximum Gasteiger partial charge on any atom is 0.164 e. The molecule has 1 unspecified atom stereocenters. The molecule has 1 atom stereocenters. The normalized spacial score (nSPS) is 12.4. The van der Waals surface area contributed by atoms with Crippen LogP contribution in [0.3, 0.4) is 0 Å². The third-order valence-electron chi connectivity index (χ3n) is 2.99. The van der Waals surface area contributed by atoms with Gasteiger partial charge in [-0.2, -0.15) is 5.10 Å². The van der Waals surface area contributed by atoms with Gasteiger partial charge in [-0.3, -0.25) is 4.68 Å². The molecule has 102 valence electrons. The number of rotatable bonds is 5. The Morgan fingerprint density at radius 2 is 2.21 bits per heavy atom. The van der Waals surface area contributed by atoms with E-state index in [0.29, 0.717) is 6.61 Å². The van der Waals surface area contributed by atoms with Crippen molar-refractivity contribution < 1.29 is 4.74 Å². The van der Waals surface area contributed by atoms with Crippen LogP contribution in [0.2, 0.25) is 0 Å². The van der Waals surface area contributed by atoms with Crippen LogP contribution in [-0.4, -0.2) is 20.8 Å². The quantitative estimate of drug-likeness (QED) is 0.886. The summed E-state index contributed by atoms with van der Waals surface area (Å²) in [5.74, 6) is 1.71. The van der Waals surface area contributed by atoms with Crippen LogP contribution < -0.4 is 10.5 Å². The average Bonchev–Trinajstić information content (AvgIpc) is 2.73. The van der Waals surface area contributed by atoms with Crippen LogP contribution in [0.25, 0.3) is 0 Å². The molecular formula is C14H20N4O. The smallest absolute Gasteiger partial charge is 0.164 e. The van der Waals surface area contributed by atoms with Gasteiger partial charge in [0.2, 0.25) is 0 Å². The van der Waals surface area contributed by atoms with Gasteiger partial charge in [0.15, 0.2) is 5.82 Å². The summed E-state index contributed by atoms with van der Waals surface area (Å²) in [6, 6.07) is 6.24. The lowest BCUT2D eigenvalue weighted by molar-refractivity contribution is 0.284. The minimum atomic E-state index is 0.110. The van der Waals surface area contributed by atoms with Crippen LogP contribution >= 0.6 is 0 Å².